The first-order valence-electron chi connectivity index (χ1n) is 6.03. The molecule has 2 atom stereocenters. The van der Waals surface area contributed by atoms with Crippen LogP contribution < -0.4 is 10.2 Å². The van der Waals surface area contributed by atoms with E-state index in [1.807, 2.05) is 24.3 Å². The molecule has 0 bridgehead atoms. The van der Waals surface area contributed by atoms with Gasteiger partial charge in [0.15, 0.2) is 0 Å². The number of carbonyl (C=O) groups is 1. The lowest BCUT2D eigenvalue weighted by molar-refractivity contribution is -0.121. The highest BCUT2D eigenvalue weighted by molar-refractivity contribution is 9.10. The number of hydrogen-bond donors (Lipinski definition) is 2. The quantitative estimate of drug-likeness (QED) is 0.867. The molecule has 4 nitrogen and oxygen atoms in total. The Kier molecular flexibility index (Phi) is 4.37. The summed E-state index contributed by atoms with van der Waals surface area (Å²) >= 11 is 3.47. The van der Waals surface area contributed by atoms with Gasteiger partial charge in [0.25, 0.3) is 0 Å². The van der Waals surface area contributed by atoms with Crippen molar-refractivity contribution < 1.29 is 9.90 Å². The lowest BCUT2D eigenvalue weighted by Gasteiger charge is -2.25. The van der Waals surface area contributed by atoms with Gasteiger partial charge in [0.2, 0.25) is 5.91 Å². The number of nitrogens with one attached hydrogen (secondary N) is 1. The first-order valence-corrected chi connectivity index (χ1v) is 6.83. The topological polar surface area (TPSA) is 52.6 Å². The molecule has 1 aliphatic heterocycles. The van der Waals surface area contributed by atoms with Crippen LogP contribution in [0.15, 0.2) is 28.7 Å². The van der Waals surface area contributed by atoms with Gasteiger partial charge in [-0.1, -0.05) is 19.1 Å². The van der Waals surface area contributed by atoms with Crippen LogP contribution in [0, 0.1) is 5.92 Å². The number of anilines is 1. The summed E-state index contributed by atoms with van der Waals surface area (Å²) in [5.74, 6) is 0.270. The van der Waals surface area contributed by atoms with E-state index in [0.29, 0.717) is 12.5 Å². The van der Waals surface area contributed by atoms with Crippen molar-refractivity contribution in [1.82, 2.24) is 5.32 Å². The molecule has 18 heavy (non-hydrogen) atoms. The minimum Gasteiger partial charge on any atom is -0.394 e. The summed E-state index contributed by atoms with van der Waals surface area (Å²) in [6.07, 6.45) is 0. The molecule has 0 aromatic heterocycles. The Hall–Kier alpha value is -0.910. The van der Waals surface area contributed by atoms with Gasteiger partial charge in [0.05, 0.1) is 12.3 Å². The van der Waals surface area contributed by atoms with Crippen LogP contribution in [0.5, 0.6) is 0 Å². The van der Waals surface area contributed by atoms with Crippen LogP contribution in [0.25, 0.3) is 0 Å². The molecular formula is C13H17BrN2O2. The third-order valence-corrected chi connectivity index (χ3v) is 3.77. The molecule has 1 saturated heterocycles. The second kappa shape index (κ2) is 5.82. The third kappa shape index (κ3) is 2.74. The monoisotopic (exact) mass is 312 g/mol. The predicted molar refractivity (Wildman–Crippen MR) is 74.5 cm³/mol. The Labute approximate surface area is 115 Å². The number of benzene rings is 1. The highest BCUT2D eigenvalue weighted by Gasteiger charge is 2.30. The van der Waals surface area contributed by atoms with Gasteiger partial charge in [0.1, 0.15) is 6.04 Å². The molecule has 0 spiro atoms. The molecular weight excluding hydrogens is 296 g/mol. The zero-order chi connectivity index (χ0) is 13.1. The van der Waals surface area contributed by atoms with E-state index in [4.69, 9.17) is 0 Å². The van der Waals surface area contributed by atoms with Crippen LogP contribution in [0.4, 0.5) is 5.69 Å². The molecule has 5 heteroatoms. The summed E-state index contributed by atoms with van der Waals surface area (Å²) in [6.45, 7) is 3.30. The molecule has 98 valence electrons. The Morgan fingerprint density at radius 1 is 1.50 bits per heavy atom. The van der Waals surface area contributed by atoms with Gasteiger partial charge in [-0.3, -0.25) is 4.79 Å². The number of halogens is 1. The molecule has 0 aliphatic carbocycles. The van der Waals surface area contributed by atoms with E-state index in [9.17, 15) is 9.90 Å². The van der Waals surface area contributed by atoms with Gasteiger partial charge in [-0.15, -0.1) is 0 Å². The molecule has 1 aromatic rings. The SMILES string of the molecule is CC1CNC(CO)C(=O)N(c2ccccc2Br)C1. The Balaban J connectivity index is 2.34. The van der Waals surface area contributed by atoms with Crippen LogP contribution in [-0.2, 0) is 4.79 Å². The molecule has 0 saturated carbocycles. The van der Waals surface area contributed by atoms with Crippen molar-refractivity contribution in [3.8, 4) is 0 Å². The van der Waals surface area contributed by atoms with Crippen LogP contribution in [0.3, 0.4) is 0 Å². The van der Waals surface area contributed by atoms with E-state index >= 15 is 0 Å². The molecule has 2 rings (SSSR count). The van der Waals surface area contributed by atoms with Gasteiger partial charge in [-0.25, -0.2) is 0 Å². The molecule has 1 amide bonds. The maximum absolute atomic E-state index is 12.4. The van der Waals surface area contributed by atoms with Gasteiger partial charge >= 0.3 is 0 Å². The summed E-state index contributed by atoms with van der Waals surface area (Å²) in [7, 11) is 0. The number of hydrogen-bond acceptors (Lipinski definition) is 3. The number of amides is 1. The summed E-state index contributed by atoms with van der Waals surface area (Å²) in [5, 5.41) is 12.4. The summed E-state index contributed by atoms with van der Waals surface area (Å²) in [5.41, 5.74) is 0.858. The summed E-state index contributed by atoms with van der Waals surface area (Å²) in [6, 6.07) is 7.14. The lowest BCUT2D eigenvalue weighted by atomic mass is 10.1. The second-order valence-corrected chi connectivity index (χ2v) is 5.50. The van der Waals surface area contributed by atoms with E-state index in [1.165, 1.54) is 0 Å². The molecule has 1 aromatic carbocycles. The maximum Gasteiger partial charge on any atom is 0.246 e. The normalized spacial score (nSPS) is 25.1. The molecule has 1 heterocycles. The van der Waals surface area contributed by atoms with Gasteiger partial charge < -0.3 is 15.3 Å². The number of nitrogens with zero attached hydrogens (tertiary/aromatic N) is 1. The highest BCUT2D eigenvalue weighted by Crippen LogP contribution is 2.27. The molecule has 1 fully saturated rings. The van der Waals surface area contributed by atoms with E-state index in [2.05, 4.69) is 28.2 Å². The van der Waals surface area contributed by atoms with E-state index in [0.717, 1.165) is 16.7 Å². The average molecular weight is 313 g/mol. The number of aliphatic hydroxyl groups excluding tert-OH is 1. The minimum atomic E-state index is -0.512. The zero-order valence-electron chi connectivity index (χ0n) is 10.3. The largest absolute Gasteiger partial charge is 0.394 e. The van der Waals surface area contributed by atoms with E-state index in [-0.39, 0.29) is 12.5 Å². The van der Waals surface area contributed by atoms with E-state index in [1.54, 1.807) is 4.90 Å². The van der Waals surface area contributed by atoms with Crippen LogP contribution in [-0.4, -0.2) is 36.8 Å². The van der Waals surface area contributed by atoms with Gasteiger partial charge in [-0.2, -0.15) is 0 Å². The zero-order valence-corrected chi connectivity index (χ0v) is 11.9. The van der Waals surface area contributed by atoms with Gasteiger partial charge in [-0.05, 0) is 34.0 Å². The second-order valence-electron chi connectivity index (χ2n) is 4.65. The molecule has 1 aliphatic rings. The van der Waals surface area contributed by atoms with Crippen LogP contribution in [0.1, 0.15) is 6.92 Å². The van der Waals surface area contributed by atoms with Crippen molar-refractivity contribution in [2.24, 2.45) is 5.92 Å². The van der Waals surface area contributed by atoms with Crippen molar-refractivity contribution in [3.05, 3.63) is 28.7 Å². The molecule has 0 radical (unpaired) electrons. The van der Waals surface area contributed by atoms with Crippen molar-refractivity contribution in [1.29, 1.82) is 0 Å². The summed E-state index contributed by atoms with van der Waals surface area (Å²) in [4.78, 5) is 14.1. The molecule has 2 N–H and O–H groups in total. The fourth-order valence-corrected chi connectivity index (χ4v) is 2.61. The first kappa shape index (κ1) is 13.5. The number of para-hydroxylation sites is 1. The average Bonchev–Trinajstić information content (AvgIpc) is 2.50. The fourth-order valence-electron chi connectivity index (χ4n) is 2.12. The molecule has 2 unspecified atom stereocenters. The van der Waals surface area contributed by atoms with Crippen LogP contribution >= 0.6 is 15.9 Å². The number of carbonyl (C=O) groups excluding carboxylic acids is 1. The predicted octanol–water partition coefficient (Wildman–Crippen LogP) is 1.38. The number of rotatable bonds is 2. The Morgan fingerprint density at radius 2 is 2.22 bits per heavy atom. The lowest BCUT2D eigenvalue weighted by Crippen LogP contribution is -2.46. The Morgan fingerprint density at radius 3 is 2.89 bits per heavy atom. The van der Waals surface area contributed by atoms with Crippen molar-refractivity contribution in [2.75, 3.05) is 24.6 Å². The first-order chi connectivity index (χ1) is 8.63. The Bertz CT molecular complexity index is 439. The maximum atomic E-state index is 12.4. The fraction of sp³-hybridized carbons (Fsp3) is 0.462. The highest BCUT2D eigenvalue weighted by atomic mass is 79.9. The third-order valence-electron chi connectivity index (χ3n) is 3.10. The van der Waals surface area contributed by atoms with Crippen molar-refractivity contribution >= 4 is 27.5 Å². The summed E-state index contributed by atoms with van der Waals surface area (Å²) < 4.78 is 0.893. The number of aliphatic hydroxyl groups is 1. The van der Waals surface area contributed by atoms with Gasteiger partial charge in [0, 0.05) is 17.6 Å². The van der Waals surface area contributed by atoms with Crippen molar-refractivity contribution in [2.45, 2.75) is 13.0 Å². The van der Waals surface area contributed by atoms with Crippen LogP contribution in [0.2, 0.25) is 0 Å². The smallest absolute Gasteiger partial charge is 0.246 e. The standard InChI is InChI=1S/C13H17BrN2O2/c1-9-6-15-11(8-17)13(18)16(7-9)12-5-3-2-4-10(12)14/h2-5,9,11,15,17H,6-8H2,1H3. The van der Waals surface area contributed by atoms with E-state index < -0.39 is 6.04 Å². The van der Waals surface area contributed by atoms with Crippen molar-refractivity contribution in [3.63, 3.8) is 0 Å². The minimum absolute atomic E-state index is 0.0752.